The minimum Gasteiger partial charge on any atom is -0.436 e. The van der Waals surface area contributed by atoms with Crippen LogP contribution in [0.1, 0.15) is 34.8 Å². The molecular weight excluding hydrogens is 633 g/mol. The first-order valence-electron chi connectivity index (χ1n) is 15.8. The number of para-hydroxylation sites is 2. The van der Waals surface area contributed by atoms with E-state index in [0.29, 0.717) is 29.2 Å². The Bertz CT molecular complexity index is 2110. The van der Waals surface area contributed by atoms with Gasteiger partial charge in [-0.3, -0.25) is 14.4 Å². The maximum Gasteiger partial charge on any atom is 0.272 e. The Morgan fingerprint density at radius 1 is 0.796 bits per heavy atom. The number of anilines is 2. The molecule has 6 rings (SSSR count). The fourth-order valence-electron chi connectivity index (χ4n) is 5.09. The van der Waals surface area contributed by atoms with Crippen LogP contribution < -0.4 is 16.0 Å². The van der Waals surface area contributed by atoms with Crippen molar-refractivity contribution in [2.24, 2.45) is 0 Å². The number of rotatable bonds is 11. The normalized spacial score (nSPS) is 11.9. The van der Waals surface area contributed by atoms with E-state index in [9.17, 15) is 14.4 Å². The van der Waals surface area contributed by atoms with Gasteiger partial charge in [0.1, 0.15) is 11.2 Å². The molecule has 0 aliphatic heterocycles. The number of thioether (sulfide) groups is 1. The minimum absolute atomic E-state index is 0.106. The van der Waals surface area contributed by atoms with Gasteiger partial charge in [-0.25, -0.2) is 4.98 Å². The van der Waals surface area contributed by atoms with Crippen molar-refractivity contribution in [3.63, 3.8) is 0 Å². The molecule has 244 valence electrons. The van der Waals surface area contributed by atoms with Crippen molar-refractivity contribution in [1.29, 1.82) is 0 Å². The average Bonchev–Trinajstić information content (AvgIpc) is 3.56. The highest BCUT2D eigenvalue weighted by atomic mass is 32.2. The average molecular weight is 667 g/mol. The number of benzene rings is 5. The lowest BCUT2D eigenvalue weighted by Crippen LogP contribution is -2.30. The van der Waals surface area contributed by atoms with Gasteiger partial charge in [0.2, 0.25) is 11.8 Å². The third-order valence-corrected chi connectivity index (χ3v) is 9.10. The Labute approximate surface area is 288 Å². The molecule has 0 fully saturated rings. The summed E-state index contributed by atoms with van der Waals surface area (Å²) in [5.74, 6) is -0.480. The van der Waals surface area contributed by atoms with Gasteiger partial charge in [-0.1, -0.05) is 67.6 Å². The summed E-state index contributed by atoms with van der Waals surface area (Å²) in [4.78, 5) is 45.3. The summed E-state index contributed by atoms with van der Waals surface area (Å²) in [6.45, 7) is 3.90. The van der Waals surface area contributed by atoms with Gasteiger partial charge in [-0.05, 0) is 97.3 Å². The number of amides is 3. The predicted molar refractivity (Wildman–Crippen MR) is 196 cm³/mol. The maximum atomic E-state index is 13.6. The first kappa shape index (κ1) is 33.0. The summed E-state index contributed by atoms with van der Waals surface area (Å²) in [5.41, 5.74) is 5.82. The molecule has 1 heterocycles. The van der Waals surface area contributed by atoms with E-state index in [-0.39, 0.29) is 16.9 Å². The molecule has 1 aromatic heterocycles. The van der Waals surface area contributed by atoms with Gasteiger partial charge in [0.25, 0.3) is 11.8 Å². The molecule has 5 aromatic carbocycles. The predicted octanol–water partition coefficient (Wildman–Crippen LogP) is 8.72. The van der Waals surface area contributed by atoms with E-state index in [1.807, 2.05) is 111 Å². The largest absolute Gasteiger partial charge is 0.436 e. The van der Waals surface area contributed by atoms with E-state index in [0.717, 1.165) is 32.7 Å². The summed E-state index contributed by atoms with van der Waals surface area (Å²) < 4.78 is 5.86. The van der Waals surface area contributed by atoms with Crippen LogP contribution in [0.25, 0.3) is 28.6 Å². The van der Waals surface area contributed by atoms with Crippen LogP contribution in [0.15, 0.2) is 142 Å². The highest BCUT2D eigenvalue weighted by molar-refractivity contribution is 8.00. The van der Waals surface area contributed by atoms with Gasteiger partial charge < -0.3 is 20.4 Å². The molecule has 0 aliphatic rings. The number of aromatic nitrogens is 1. The number of hydrogen-bond donors (Lipinski definition) is 3. The summed E-state index contributed by atoms with van der Waals surface area (Å²) in [6.07, 6.45) is 2.25. The van der Waals surface area contributed by atoms with E-state index in [2.05, 4.69) is 20.9 Å². The van der Waals surface area contributed by atoms with Crippen molar-refractivity contribution in [1.82, 2.24) is 10.3 Å². The van der Waals surface area contributed by atoms with Crippen LogP contribution in [0.4, 0.5) is 11.4 Å². The number of hydrogen-bond acceptors (Lipinski definition) is 6. The highest BCUT2D eigenvalue weighted by Crippen LogP contribution is 2.30. The Kier molecular flexibility index (Phi) is 10.3. The number of carbonyl (C=O) groups excluding carboxylic acids is 3. The second-order valence-corrected chi connectivity index (χ2v) is 12.6. The van der Waals surface area contributed by atoms with Crippen LogP contribution in [-0.2, 0) is 9.59 Å². The van der Waals surface area contributed by atoms with Gasteiger partial charge in [0, 0.05) is 27.4 Å². The van der Waals surface area contributed by atoms with Crippen molar-refractivity contribution in [2.75, 3.05) is 10.6 Å². The lowest BCUT2D eigenvalue weighted by atomic mass is 10.1. The first-order chi connectivity index (χ1) is 23.9. The van der Waals surface area contributed by atoms with Gasteiger partial charge >= 0.3 is 0 Å². The zero-order valence-electron chi connectivity index (χ0n) is 27.0. The lowest BCUT2D eigenvalue weighted by Gasteiger charge is -2.16. The molecule has 0 saturated heterocycles. The van der Waals surface area contributed by atoms with Crippen molar-refractivity contribution < 1.29 is 18.8 Å². The number of aryl methyl sites for hydroxylation is 1. The summed E-state index contributed by atoms with van der Waals surface area (Å²) >= 11 is 1.41. The van der Waals surface area contributed by atoms with Crippen LogP contribution in [0.5, 0.6) is 0 Å². The number of nitrogens with zero attached hydrogens (tertiary/aromatic N) is 1. The summed E-state index contributed by atoms with van der Waals surface area (Å²) in [5, 5.41) is 8.33. The Hall–Kier alpha value is -5.93. The minimum atomic E-state index is -0.472. The standard InChI is InChI=1S/C40H34N4O4S/c1-3-36(39(47)41-30-22-20-28(21-23-30)40-44-33-18-9-10-19-35(33)48-40)49-32-17-11-16-31(25-32)42-38(46)34(24-29-15-8-7-12-26(29)2)43-37(45)27-13-5-4-6-14-27/h4-25,36H,3H2,1-2H3,(H,41,47)(H,42,46)(H,43,45)/b34-24-. The fraction of sp³-hybridized carbons (Fsp3) is 0.100. The summed E-state index contributed by atoms with van der Waals surface area (Å²) in [6, 6.07) is 38.6. The van der Waals surface area contributed by atoms with Crippen LogP contribution in [-0.4, -0.2) is 28.0 Å². The molecule has 1 unspecified atom stereocenters. The summed E-state index contributed by atoms with van der Waals surface area (Å²) in [7, 11) is 0. The van der Waals surface area contributed by atoms with Crippen LogP contribution in [0, 0.1) is 6.92 Å². The zero-order chi connectivity index (χ0) is 34.2. The highest BCUT2D eigenvalue weighted by Gasteiger charge is 2.20. The molecule has 3 amide bonds. The fourth-order valence-corrected chi connectivity index (χ4v) is 6.11. The van der Waals surface area contributed by atoms with Crippen LogP contribution in [0.2, 0.25) is 0 Å². The Balaban J connectivity index is 1.12. The molecule has 9 heteroatoms. The van der Waals surface area contributed by atoms with Gasteiger partial charge in [0.15, 0.2) is 5.58 Å². The molecule has 0 saturated carbocycles. The van der Waals surface area contributed by atoms with Crippen molar-refractivity contribution >= 4 is 58.0 Å². The molecule has 49 heavy (non-hydrogen) atoms. The molecule has 0 aliphatic carbocycles. The van der Waals surface area contributed by atoms with E-state index in [4.69, 9.17) is 4.42 Å². The molecule has 0 bridgehead atoms. The maximum absolute atomic E-state index is 13.6. The quantitative estimate of drug-likeness (QED) is 0.0942. The molecule has 8 nitrogen and oxygen atoms in total. The van der Waals surface area contributed by atoms with E-state index in [1.54, 1.807) is 36.4 Å². The van der Waals surface area contributed by atoms with Gasteiger partial charge in [-0.2, -0.15) is 0 Å². The smallest absolute Gasteiger partial charge is 0.272 e. The SMILES string of the molecule is CCC(Sc1cccc(NC(=O)/C(=C/c2ccccc2C)NC(=O)c2ccccc2)c1)C(=O)Nc1ccc(-c2nc3ccccc3o2)cc1. The number of oxazole rings is 1. The molecule has 0 spiro atoms. The topological polar surface area (TPSA) is 113 Å². The Morgan fingerprint density at radius 3 is 2.29 bits per heavy atom. The lowest BCUT2D eigenvalue weighted by molar-refractivity contribution is -0.116. The second kappa shape index (κ2) is 15.3. The molecule has 0 radical (unpaired) electrons. The number of carbonyl (C=O) groups is 3. The van der Waals surface area contributed by atoms with Crippen molar-refractivity contribution in [3.05, 3.63) is 150 Å². The van der Waals surface area contributed by atoms with E-state index in [1.165, 1.54) is 11.8 Å². The first-order valence-corrected chi connectivity index (χ1v) is 16.7. The van der Waals surface area contributed by atoms with Gasteiger partial charge in [0.05, 0.1) is 5.25 Å². The third-order valence-electron chi connectivity index (χ3n) is 7.74. The third kappa shape index (κ3) is 8.33. The van der Waals surface area contributed by atoms with Crippen LogP contribution in [0.3, 0.4) is 0 Å². The molecule has 3 N–H and O–H groups in total. The molecule has 6 aromatic rings. The second-order valence-electron chi connectivity index (χ2n) is 11.3. The number of nitrogens with one attached hydrogen (secondary N) is 3. The van der Waals surface area contributed by atoms with E-state index >= 15 is 0 Å². The van der Waals surface area contributed by atoms with Gasteiger partial charge in [-0.15, -0.1) is 11.8 Å². The van der Waals surface area contributed by atoms with E-state index < -0.39 is 11.8 Å². The molecular formula is C40H34N4O4S. The number of fused-ring (bicyclic) bond motifs is 1. The van der Waals surface area contributed by atoms with Crippen molar-refractivity contribution in [3.8, 4) is 11.5 Å². The monoisotopic (exact) mass is 666 g/mol. The zero-order valence-corrected chi connectivity index (χ0v) is 27.8. The molecule has 1 atom stereocenters. The van der Waals surface area contributed by atoms with Crippen LogP contribution >= 0.6 is 11.8 Å². The Morgan fingerprint density at radius 2 is 1.53 bits per heavy atom. The van der Waals surface area contributed by atoms with Crippen molar-refractivity contribution in [2.45, 2.75) is 30.4 Å².